The Morgan fingerprint density at radius 3 is 2.21 bits per heavy atom. The highest BCUT2D eigenvalue weighted by atomic mass is 32.2. The van der Waals surface area contributed by atoms with Crippen molar-refractivity contribution in [1.82, 2.24) is 4.72 Å². The van der Waals surface area contributed by atoms with E-state index in [2.05, 4.69) is 15.4 Å². The molecule has 0 radical (unpaired) electrons. The Hall–Kier alpha value is -3.69. The molecule has 0 unspecified atom stereocenters. The quantitative estimate of drug-likeness (QED) is 0.433. The Kier molecular flexibility index (Phi) is 8.04. The SMILES string of the molecule is COc1ccc(S(=O)(=O)N[C@H](Cc2ccccc2)C(=O)Nc2cccc(NC(C)=O)c2)cc1C. The van der Waals surface area contributed by atoms with Crippen molar-refractivity contribution >= 4 is 33.2 Å². The monoisotopic (exact) mass is 481 g/mol. The highest BCUT2D eigenvalue weighted by Crippen LogP contribution is 2.22. The number of sulfonamides is 1. The number of ether oxygens (including phenoxy) is 1. The summed E-state index contributed by atoms with van der Waals surface area (Å²) in [6.07, 6.45) is 0.145. The first kappa shape index (κ1) is 24.9. The molecule has 178 valence electrons. The van der Waals surface area contributed by atoms with Crippen molar-refractivity contribution in [2.24, 2.45) is 0 Å². The Labute approximate surface area is 199 Å². The number of anilines is 2. The molecule has 0 fully saturated rings. The number of carbonyl (C=O) groups is 2. The fourth-order valence-corrected chi connectivity index (χ4v) is 4.70. The van der Waals surface area contributed by atoms with Crippen molar-refractivity contribution in [3.05, 3.63) is 83.9 Å². The van der Waals surface area contributed by atoms with Gasteiger partial charge in [0.25, 0.3) is 0 Å². The lowest BCUT2D eigenvalue weighted by Gasteiger charge is -2.19. The smallest absolute Gasteiger partial charge is 0.242 e. The molecule has 0 bridgehead atoms. The van der Waals surface area contributed by atoms with E-state index in [1.54, 1.807) is 37.3 Å². The zero-order valence-electron chi connectivity index (χ0n) is 19.2. The van der Waals surface area contributed by atoms with Crippen LogP contribution >= 0.6 is 0 Å². The fourth-order valence-electron chi connectivity index (χ4n) is 3.42. The van der Waals surface area contributed by atoms with Crippen molar-refractivity contribution in [1.29, 1.82) is 0 Å². The molecule has 0 aliphatic carbocycles. The van der Waals surface area contributed by atoms with Crippen LogP contribution in [0.2, 0.25) is 0 Å². The molecule has 0 aliphatic rings. The van der Waals surface area contributed by atoms with E-state index in [9.17, 15) is 18.0 Å². The van der Waals surface area contributed by atoms with E-state index in [0.717, 1.165) is 5.56 Å². The van der Waals surface area contributed by atoms with Gasteiger partial charge >= 0.3 is 0 Å². The molecule has 3 aromatic rings. The van der Waals surface area contributed by atoms with Gasteiger partial charge in [0.05, 0.1) is 12.0 Å². The van der Waals surface area contributed by atoms with E-state index in [4.69, 9.17) is 4.74 Å². The van der Waals surface area contributed by atoms with Gasteiger partial charge < -0.3 is 15.4 Å². The van der Waals surface area contributed by atoms with Crippen molar-refractivity contribution in [2.75, 3.05) is 17.7 Å². The first-order chi connectivity index (χ1) is 16.2. The molecule has 0 aromatic heterocycles. The number of rotatable bonds is 9. The summed E-state index contributed by atoms with van der Waals surface area (Å²) < 4.78 is 34.0. The Morgan fingerprint density at radius 2 is 1.59 bits per heavy atom. The molecule has 9 heteroatoms. The number of aryl methyl sites for hydroxylation is 1. The van der Waals surface area contributed by atoms with E-state index >= 15 is 0 Å². The minimum Gasteiger partial charge on any atom is -0.496 e. The lowest BCUT2D eigenvalue weighted by atomic mass is 10.1. The van der Waals surface area contributed by atoms with Crippen LogP contribution in [0.25, 0.3) is 0 Å². The lowest BCUT2D eigenvalue weighted by Crippen LogP contribution is -2.45. The average molecular weight is 482 g/mol. The van der Waals surface area contributed by atoms with Gasteiger partial charge in [0.2, 0.25) is 21.8 Å². The second-order valence-electron chi connectivity index (χ2n) is 7.75. The summed E-state index contributed by atoms with van der Waals surface area (Å²) in [5.41, 5.74) is 2.39. The summed E-state index contributed by atoms with van der Waals surface area (Å²) in [6.45, 7) is 3.13. The minimum atomic E-state index is -4.01. The van der Waals surface area contributed by atoms with Crippen LogP contribution in [0.3, 0.4) is 0 Å². The lowest BCUT2D eigenvalue weighted by molar-refractivity contribution is -0.117. The number of benzene rings is 3. The first-order valence-corrected chi connectivity index (χ1v) is 12.1. The van der Waals surface area contributed by atoms with Crippen LogP contribution in [0.5, 0.6) is 5.75 Å². The molecule has 0 saturated heterocycles. The highest BCUT2D eigenvalue weighted by Gasteiger charge is 2.27. The molecular weight excluding hydrogens is 454 g/mol. The predicted molar refractivity (Wildman–Crippen MR) is 131 cm³/mol. The molecule has 0 saturated carbocycles. The maximum atomic E-state index is 13.2. The number of nitrogens with one attached hydrogen (secondary N) is 3. The van der Waals surface area contributed by atoms with Crippen molar-refractivity contribution in [3.8, 4) is 5.75 Å². The van der Waals surface area contributed by atoms with Gasteiger partial charge in [-0.1, -0.05) is 36.4 Å². The Bertz CT molecular complexity index is 1280. The third-order valence-electron chi connectivity index (χ3n) is 5.02. The van der Waals surface area contributed by atoms with Crippen LogP contribution in [0, 0.1) is 6.92 Å². The summed E-state index contributed by atoms with van der Waals surface area (Å²) in [4.78, 5) is 24.5. The second kappa shape index (κ2) is 11.0. The maximum Gasteiger partial charge on any atom is 0.242 e. The van der Waals surface area contributed by atoms with Crippen LogP contribution in [0.4, 0.5) is 11.4 Å². The summed E-state index contributed by atoms with van der Waals surface area (Å²) in [7, 11) is -2.50. The third kappa shape index (κ3) is 6.66. The number of amides is 2. The zero-order chi connectivity index (χ0) is 24.7. The van der Waals surface area contributed by atoms with Crippen molar-refractivity contribution in [2.45, 2.75) is 31.2 Å². The second-order valence-corrected chi connectivity index (χ2v) is 9.46. The van der Waals surface area contributed by atoms with Gasteiger partial charge in [-0.3, -0.25) is 9.59 Å². The van der Waals surface area contributed by atoms with Gasteiger partial charge in [0.1, 0.15) is 11.8 Å². The average Bonchev–Trinajstić information content (AvgIpc) is 2.79. The number of carbonyl (C=O) groups excluding carboxylic acids is 2. The Balaban J connectivity index is 1.87. The van der Waals surface area contributed by atoms with Crippen LogP contribution < -0.4 is 20.1 Å². The Morgan fingerprint density at radius 1 is 0.912 bits per heavy atom. The van der Waals surface area contributed by atoms with E-state index < -0.39 is 22.0 Å². The molecule has 3 aromatic carbocycles. The van der Waals surface area contributed by atoms with E-state index in [-0.39, 0.29) is 17.2 Å². The van der Waals surface area contributed by atoms with E-state index in [1.807, 2.05) is 30.3 Å². The molecule has 1 atom stereocenters. The highest BCUT2D eigenvalue weighted by molar-refractivity contribution is 7.89. The van der Waals surface area contributed by atoms with E-state index in [0.29, 0.717) is 22.7 Å². The molecule has 34 heavy (non-hydrogen) atoms. The summed E-state index contributed by atoms with van der Waals surface area (Å²) in [6, 6.07) is 19.2. The third-order valence-corrected chi connectivity index (χ3v) is 6.49. The predicted octanol–water partition coefficient (Wildman–Crippen LogP) is 3.49. The summed E-state index contributed by atoms with van der Waals surface area (Å²) >= 11 is 0. The molecule has 8 nitrogen and oxygen atoms in total. The maximum absolute atomic E-state index is 13.2. The van der Waals surface area contributed by atoms with Crippen LogP contribution in [0.1, 0.15) is 18.1 Å². The largest absolute Gasteiger partial charge is 0.496 e. The minimum absolute atomic E-state index is 0.0318. The first-order valence-electron chi connectivity index (χ1n) is 10.6. The molecular formula is C25H27N3O5S. The van der Waals surface area contributed by atoms with Gasteiger partial charge in [-0.25, -0.2) is 8.42 Å². The molecule has 0 aliphatic heterocycles. The van der Waals surface area contributed by atoms with Crippen LogP contribution in [-0.4, -0.2) is 33.4 Å². The van der Waals surface area contributed by atoms with Gasteiger partial charge in [0.15, 0.2) is 0 Å². The summed E-state index contributed by atoms with van der Waals surface area (Å²) in [5, 5.41) is 5.39. The van der Waals surface area contributed by atoms with Gasteiger partial charge in [-0.15, -0.1) is 0 Å². The summed E-state index contributed by atoms with van der Waals surface area (Å²) in [5.74, 6) is -0.206. The molecule has 0 spiro atoms. The van der Waals surface area contributed by atoms with Crippen molar-refractivity contribution in [3.63, 3.8) is 0 Å². The molecule has 0 heterocycles. The van der Waals surface area contributed by atoms with Crippen LogP contribution in [-0.2, 0) is 26.0 Å². The van der Waals surface area contributed by atoms with E-state index in [1.165, 1.54) is 26.2 Å². The zero-order valence-corrected chi connectivity index (χ0v) is 20.0. The molecule has 3 N–H and O–H groups in total. The normalized spacial score (nSPS) is 12.0. The van der Waals surface area contributed by atoms with Crippen LogP contribution in [0.15, 0.2) is 77.7 Å². The number of hydrogen-bond acceptors (Lipinski definition) is 5. The molecule has 2 amide bonds. The fraction of sp³-hybridized carbons (Fsp3) is 0.200. The number of methoxy groups -OCH3 is 1. The number of hydrogen-bond donors (Lipinski definition) is 3. The molecule has 3 rings (SSSR count). The van der Waals surface area contributed by atoms with Gasteiger partial charge in [-0.05, 0) is 60.9 Å². The topological polar surface area (TPSA) is 114 Å². The van der Waals surface area contributed by atoms with Gasteiger partial charge in [0, 0.05) is 18.3 Å². The van der Waals surface area contributed by atoms with Gasteiger partial charge in [-0.2, -0.15) is 4.72 Å². The standard InChI is InChI=1S/C25H27N3O5S/c1-17-14-22(12-13-24(17)33-3)34(31,32)28-23(15-19-8-5-4-6-9-19)25(30)27-21-11-7-10-20(16-21)26-18(2)29/h4-14,16,23,28H,15H2,1-3H3,(H,26,29)(H,27,30)/t23-/m1/s1. The van der Waals surface area contributed by atoms with Crippen molar-refractivity contribution < 1.29 is 22.7 Å².